The van der Waals surface area contributed by atoms with Gasteiger partial charge in [0.25, 0.3) is 0 Å². The predicted molar refractivity (Wildman–Crippen MR) is 174 cm³/mol. The first-order valence-corrected chi connectivity index (χ1v) is 14.5. The quantitative estimate of drug-likeness (QED) is 0.211. The molecule has 0 saturated heterocycles. The first-order chi connectivity index (χ1) is 19.9. The van der Waals surface area contributed by atoms with Gasteiger partial charge in [0.15, 0.2) is 0 Å². The summed E-state index contributed by atoms with van der Waals surface area (Å²) in [6, 6.07) is 51.0. The van der Waals surface area contributed by atoms with Gasteiger partial charge in [0.05, 0.1) is 11.0 Å². The molecule has 0 aliphatic carbocycles. The fourth-order valence-corrected chi connectivity index (χ4v) is 8.00. The van der Waals surface area contributed by atoms with Crippen LogP contribution in [0.5, 0.6) is 0 Å². The maximum Gasteiger partial charge on any atom is 0.0640 e. The molecular formula is C38H23NS. The summed E-state index contributed by atoms with van der Waals surface area (Å²) in [4.78, 5) is 0. The molecule has 0 atom stereocenters. The van der Waals surface area contributed by atoms with Gasteiger partial charge in [0, 0.05) is 42.0 Å². The smallest absolute Gasteiger partial charge is 0.0640 e. The van der Waals surface area contributed by atoms with Gasteiger partial charge < -0.3 is 4.57 Å². The minimum atomic E-state index is 1.19. The van der Waals surface area contributed by atoms with Crippen LogP contribution in [0.4, 0.5) is 0 Å². The van der Waals surface area contributed by atoms with Crippen LogP contribution < -0.4 is 0 Å². The van der Waals surface area contributed by atoms with E-state index in [-0.39, 0.29) is 0 Å². The van der Waals surface area contributed by atoms with Gasteiger partial charge in [0.1, 0.15) is 0 Å². The van der Waals surface area contributed by atoms with E-state index < -0.39 is 0 Å². The number of nitrogens with zero attached hydrogens (tertiary/aromatic N) is 1. The Balaban J connectivity index is 1.51. The lowest BCUT2D eigenvalue weighted by molar-refractivity contribution is 1.19. The number of rotatable bonds is 2. The lowest BCUT2D eigenvalue weighted by Gasteiger charge is -2.10. The summed E-state index contributed by atoms with van der Waals surface area (Å²) in [5.74, 6) is 0. The van der Waals surface area contributed by atoms with E-state index in [1.165, 1.54) is 80.3 Å². The van der Waals surface area contributed by atoms with Gasteiger partial charge in [-0.2, -0.15) is 0 Å². The third-order valence-electron chi connectivity index (χ3n) is 8.34. The van der Waals surface area contributed by atoms with Gasteiger partial charge in [-0.25, -0.2) is 0 Å². The third kappa shape index (κ3) is 2.97. The summed E-state index contributed by atoms with van der Waals surface area (Å²) in [5, 5.41) is 10.5. The van der Waals surface area contributed by atoms with Gasteiger partial charge in [-0.3, -0.25) is 0 Å². The number of fused-ring (bicyclic) bond motifs is 11. The molecule has 2 aromatic heterocycles. The molecule has 0 aliphatic heterocycles. The molecule has 0 bridgehead atoms. The van der Waals surface area contributed by atoms with Crippen LogP contribution in [-0.2, 0) is 0 Å². The molecule has 0 fully saturated rings. The Kier molecular flexibility index (Phi) is 4.55. The summed E-state index contributed by atoms with van der Waals surface area (Å²) in [5.41, 5.74) is 6.29. The van der Waals surface area contributed by atoms with Crippen LogP contribution in [-0.4, -0.2) is 4.57 Å². The molecule has 1 nitrogen and oxygen atoms in total. The zero-order valence-corrected chi connectivity index (χ0v) is 22.5. The van der Waals surface area contributed by atoms with Crippen LogP contribution >= 0.6 is 11.3 Å². The fraction of sp³-hybridized carbons (Fsp3) is 0. The highest BCUT2D eigenvalue weighted by molar-refractivity contribution is 7.27. The van der Waals surface area contributed by atoms with Crippen molar-refractivity contribution in [3.8, 4) is 16.8 Å². The van der Waals surface area contributed by atoms with E-state index in [1.54, 1.807) is 0 Å². The number of hydrogen-bond acceptors (Lipinski definition) is 1. The molecule has 186 valence electrons. The van der Waals surface area contributed by atoms with Crippen molar-refractivity contribution in [2.75, 3.05) is 0 Å². The Morgan fingerprint density at radius 3 is 2.02 bits per heavy atom. The molecule has 2 heterocycles. The highest BCUT2D eigenvalue weighted by atomic mass is 32.1. The van der Waals surface area contributed by atoms with Crippen molar-refractivity contribution in [1.29, 1.82) is 0 Å². The molecule has 9 rings (SSSR count). The number of aromatic nitrogens is 1. The molecular weight excluding hydrogens is 502 g/mol. The number of hydrogen-bond donors (Lipinski definition) is 0. The van der Waals surface area contributed by atoms with E-state index in [0.29, 0.717) is 0 Å². The largest absolute Gasteiger partial charge is 0.309 e. The van der Waals surface area contributed by atoms with Crippen molar-refractivity contribution in [2.24, 2.45) is 0 Å². The molecule has 0 unspecified atom stereocenters. The predicted octanol–water partition coefficient (Wildman–Crippen LogP) is 11.1. The molecule has 0 amide bonds. The normalized spacial score (nSPS) is 12.0. The van der Waals surface area contributed by atoms with Gasteiger partial charge in [-0.1, -0.05) is 115 Å². The fourth-order valence-electron chi connectivity index (χ4n) is 6.62. The van der Waals surface area contributed by atoms with Crippen molar-refractivity contribution in [2.45, 2.75) is 0 Å². The average molecular weight is 526 g/mol. The van der Waals surface area contributed by atoms with E-state index in [4.69, 9.17) is 0 Å². The van der Waals surface area contributed by atoms with Crippen molar-refractivity contribution in [3.63, 3.8) is 0 Å². The van der Waals surface area contributed by atoms with Gasteiger partial charge in [0.2, 0.25) is 0 Å². The second-order valence-electron chi connectivity index (χ2n) is 10.5. The summed E-state index contributed by atoms with van der Waals surface area (Å²) >= 11 is 1.93. The highest BCUT2D eigenvalue weighted by Gasteiger charge is 2.22. The van der Waals surface area contributed by atoms with Crippen molar-refractivity contribution < 1.29 is 0 Å². The molecule has 7 aromatic carbocycles. The van der Waals surface area contributed by atoms with Gasteiger partial charge in [-0.05, 0) is 51.6 Å². The zero-order chi connectivity index (χ0) is 26.2. The summed E-state index contributed by atoms with van der Waals surface area (Å²) in [6.45, 7) is 0. The Hall–Kier alpha value is -4.92. The summed E-state index contributed by atoms with van der Waals surface area (Å²) < 4.78 is 5.18. The average Bonchev–Trinajstić information content (AvgIpc) is 3.58. The van der Waals surface area contributed by atoms with E-state index >= 15 is 0 Å². The highest BCUT2D eigenvalue weighted by Crippen LogP contribution is 2.49. The Bertz CT molecular complexity index is 2420. The second-order valence-corrected chi connectivity index (χ2v) is 11.5. The van der Waals surface area contributed by atoms with Crippen LogP contribution in [0.15, 0.2) is 140 Å². The Morgan fingerprint density at radius 2 is 1.15 bits per heavy atom. The van der Waals surface area contributed by atoms with Crippen LogP contribution in [0, 0.1) is 0 Å². The molecule has 40 heavy (non-hydrogen) atoms. The van der Waals surface area contributed by atoms with Crippen molar-refractivity contribution in [3.05, 3.63) is 140 Å². The van der Waals surface area contributed by atoms with E-state index in [2.05, 4.69) is 144 Å². The lowest BCUT2D eigenvalue weighted by Crippen LogP contribution is -1.93. The van der Waals surface area contributed by atoms with Crippen LogP contribution in [0.25, 0.3) is 80.3 Å². The van der Waals surface area contributed by atoms with E-state index in [9.17, 15) is 0 Å². The molecule has 0 N–H and O–H groups in total. The minimum absolute atomic E-state index is 1.19. The molecule has 0 spiro atoms. The monoisotopic (exact) mass is 525 g/mol. The molecule has 0 saturated carbocycles. The van der Waals surface area contributed by atoms with Crippen LogP contribution in [0.2, 0.25) is 0 Å². The number of para-hydroxylation sites is 2. The van der Waals surface area contributed by atoms with E-state index in [1.807, 2.05) is 11.3 Å². The maximum absolute atomic E-state index is 2.48. The summed E-state index contributed by atoms with van der Waals surface area (Å²) in [7, 11) is 0. The molecule has 0 aliphatic rings. The van der Waals surface area contributed by atoms with Crippen LogP contribution in [0.1, 0.15) is 0 Å². The SMILES string of the molecule is c1ccc(-n2c3ccccc3c3c4ccccc4c4sc5c(-c6ccc7ccccc7c6)cccc5c4c32)cc1. The zero-order valence-electron chi connectivity index (χ0n) is 21.6. The maximum atomic E-state index is 2.48. The first-order valence-electron chi connectivity index (χ1n) is 13.7. The first kappa shape index (κ1) is 22.0. The Morgan fingerprint density at radius 1 is 0.450 bits per heavy atom. The Labute approximate surface area is 235 Å². The molecule has 0 radical (unpaired) electrons. The van der Waals surface area contributed by atoms with E-state index in [0.717, 1.165) is 0 Å². The number of benzene rings is 7. The summed E-state index contributed by atoms with van der Waals surface area (Å²) in [6.07, 6.45) is 0. The van der Waals surface area contributed by atoms with Gasteiger partial charge in [-0.15, -0.1) is 11.3 Å². The van der Waals surface area contributed by atoms with Crippen molar-refractivity contribution in [1.82, 2.24) is 4.57 Å². The standard InChI is InChI=1S/C38H23NS/c1-2-13-27(14-3-1)39-33-20-9-8-17-31(33)34-29-15-6-7-16-30(29)38-35(36(34)39)32-19-10-18-28(37(32)40-38)26-22-21-24-11-4-5-12-25(24)23-26/h1-23H. The lowest BCUT2D eigenvalue weighted by atomic mass is 9.97. The van der Waals surface area contributed by atoms with Crippen LogP contribution in [0.3, 0.4) is 0 Å². The third-order valence-corrected chi connectivity index (χ3v) is 9.62. The molecule has 2 heteroatoms. The second kappa shape index (κ2) is 8.29. The minimum Gasteiger partial charge on any atom is -0.309 e. The van der Waals surface area contributed by atoms with Gasteiger partial charge >= 0.3 is 0 Å². The number of thiophene rings is 1. The topological polar surface area (TPSA) is 4.93 Å². The molecule has 9 aromatic rings. The van der Waals surface area contributed by atoms with Crippen molar-refractivity contribution >= 4 is 74.9 Å².